The lowest BCUT2D eigenvalue weighted by Gasteiger charge is -2.41. The zero-order chi connectivity index (χ0) is 14.1. The van der Waals surface area contributed by atoms with E-state index in [4.69, 9.17) is 5.73 Å². The number of rotatable bonds is 4. The average Bonchev–Trinajstić information content (AvgIpc) is 2.26. The number of halogens is 3. The number of nitrogens with one attached hydrogen (secondary N) is 1. The molecule has 1 aliphatic rings. The summed E-state index contributed by atoms with van der Waals surface area (Å²) in [7, 11) is 0. The van der Waals surface area contributed by atoms with Crippen LogP contribution in [0.15, 0.2) is 6.07 Å². The predicted molar refractivity (Wildman–Crippen MR) is 66.5 cm³/mol. The number of hydrogen-bond donors (Lipinski definition) is 2. The summed E-state index contributed by atoms with van der Waals surface area (Å²) in [6.45, 7) is 2.72. The molecule has 0 amide bonds. The molecule has 0 radical (unpaired) electrons. The van der Waals surface area contributed by atoms with E-state index in [0.717, 1.165) is 19.3 Å². The van der Waals surface area contributed by atoms with Gasteiger partial charge >= 0.3 is 6.18 Å². The Kier molecular flexibility index (Phi) is 3.56. The molecule has 0 spiro atoms. The fourth-order valence-corrected chi connectivity index (χ4v) is 2.29. The minimum atomic E-state index is -4.58. The molecule has 106 valence electrons. The molecular weight excluding hydrogens is 257 g/mol. The third-order valence-corrected chi connectivity index (χ3v) is 3.81. The number of anilines is 2. The van der Waals surface area contributed by atoms with Crippen LogP contribution >= 0.6 is 0 Å². The molecule has 0 saturated heterocycles. The maximum atomic E-state index is 12.6. The van der Waals surface area contributed by atoms with Gasteiger partial charge in [0.05, 0.1) is 0 Å². The minimum absolute atomic E-state index is 0.138. The fourth-order valence-electron chi connectivity index (χ4n) is 2.29. The monoisotopic (exact) mass is 274 g/mol. The molecule has 4 nitrogen and oxygen atoms in total. The van der Waals surface area contributed by atoms with Gasteiger partial charge < -0.3 is 11.1 Å². The van der Waals surface area contributed by atoms with Crippen molar-refractivity contribution in [3.8, 4) is 0 Å². The lowest BCUT2D eigenvalue weighted by Crippen LogP contribution is -2.36. The van der Waals surface area contributed by atoms with Gasteiger partial charge in [0.25, 0.3) is 0 Å². The molecule has 1 saturated carbocycles. The van der Waals surface area contributed by atoms with Crippen molar-refractivity contribution in [3.05, 3.63) is 11.9 Å². The van der Waals surface area contributed by atoms with Crippen LogP contribution < -0.4 is 11.1 Å². The Hall–Kier alpha value is -1.53. The van der Waals surface area contributed by atoms with Crippen molar-refractivity contribution >= 4 is 11.6 Å². The van der Waals surface area contributed by atoms with Crippen LogP contribution in [0, 0.1) is 5.41 Å². The van der Waals surface area contributed by atoms with Gasteiger partial charge in [0, 0.05) is 12.6 Å². The van der Waals surface area contributed by atoms with Crippen LogP contribution in [0.1, 0.15) is 38.4 Å². The van der Waals surface area contributed by atoms with Crippen molar-refractivity contribution in [2.24, 2.45) is 5.41 Å². The van der Waals surface area contributed by atoms with Crippen LogP contribution in [0.3, 0.4) is 0 Å². The van der Waals surface area contributed by atoms with Gasteiger partial charge in [-0.2, -0.15) is 13.2 Å². The molecule has 1 fully saturated rings. The first kappa shape index (κ1) is 13.9. The predicted octanol–water partition coefficient (Wildman–Crippen LogP) is 3.07. The highest BCUT2D eigenvalue weighted by atomic mass is 19.4. The van der Waals surface area contributed by atoms with E-state index in [0.29, 0.717) is 6.54 Å². The van der Waals surface area contributed by atoms with E-state index >= 15 is 0 Å². The van der Waals surface area contributed by atoms with E-state index in [-0.39, 0.29) is 17.1 Å². The van der Waals surface area contributed by atoms with E-state index in [9.17, 15) is 13.2 Å². The maximum Gasteiger partial charge on any atom is 0.451 e. The topological polar surface area (TPSA) is 63.8 Å². The summed E-state index contributed by atoms with van der Waals surface area (Å²) in [5.41, 5.74) is 5.58. The molecule has 1 heterocycles. The summed E-state index contributed by atoms with van der Waals surface area (Å²) in [4.78, 5) is 6.68. The Morgan fingerprint density at radius 2 is 2.05 bits per heavy atom. The maximum absolute atomic E-state index is 12.6. The number of nitrogen functional groups attached to an aromatic ring is 1. The van der Waals surface area contributed by atoms with Crippen LogP contribution in [0.5, 0.6) is 0 Å². The van der Waals surface area contributed by atoms with Gasteiger partial charge in [0.1, 0.15) is 11.6 Å². The molecular formula is C12H17F3N4. The van der Waals surface area contributed by atoms with Gasteiger partial charge in [-0.25, -0.2) is 9.97 Å². The lowest BCUT2D eigenvalue weighted by molar-refractivity contribution is -0.144. The Morgan fingerprint density at radius 3 is 2.53 bits per heavy atom. The van der Waals surface area contributed by atoms with Crippen LogP contribution in [0.25, 0.3) is 0 Å². The average molecular weight is 274 g/mol. The largest absolute Gasteiger partial charge is 0.451 e. The third kappa shape index (κ3) is 3.08. The molecule has 1 aliphatic carbocycles. The van der Waals surface area contributed by atoms with E-state index < -0.39 is 12.0 Å². The minimum Gasteiger partial charge on any atom is -0.384 e. The van der Waals surface area contributed by atoms with Gasteiger partial charge in [-0.1, -0.05) is 13.3 Å². The summed E-state index contributed by atoms with van der Waals surface area (Å²) in [5, 5.41) is 2.96. The second kappa shape index (κ2) is 4.86. The van der Waals surface area contributed by atoms with Crippen molar-refractivity contribution < 1.29 is 13.2 Å². The summed E-state index contributed by atoms with van der Waals surface area (Å²) < 4.78 is 37.7. The lowest BCUT2D eigenvalue weighted by atomic mass is 9.67. The molecule has 0 aliphatic heterocycles. The van der Waals surface area contributed by atoms with Gasteiger partial charge in [-0.15, -0.1) is 0 Å². The third-order valence-electron chi connectivity index (χ3n) is 3.81. The van der Waals surface area contributed by atoms with Crippen LogP contribution in [-0.2, 0) is 6.18 Å². The first-order chi connectivity index (χ1) is 8.85. The quantitative estimate of drug-likeness (QED) is 0.885. The highest BCUT2D eigenvalue weighted by Gasteiger charge is 2.37. The Labute approximate surface area is 109 Å². The number of hydrogen-bond acceptors (Lipinski definition) is 4. The van der Waals surface area contributed by atoms with Gasteiger partial charge in [0.15, 0.2) is 0 Å². The van der Waals surface area contributed by atoms with Crippen LogP contribution in [-0.4, -0.2) is 16.5 Å². The molecule has 3 N–H and O–H groups in total. The van der Waals surface area contributed by atoms with Crippen molar-refractivity contribution in [1.29, 1.82) is 0 Å². The van der Waals surface area contributed by atoms with E-state index in [1.165, 1.54) is 12.5 Å². The van der Waals surface area contributed by atoms with E-state index in [1.54, 1.807) is 0 Å². The number of aromatic nitrogens is 2. The smallest absolute Gasteiger partial charge is 0.384 e. The molecule has 1 aromatic heterocycles. The van der Waals surface area contributed by atoms with Crippen molar-refractivity contribution in [2.45, 2.75) is 38.8 Å². The standard InChI is InChI=1S/C12H17F3N4/c1-2-11(4-3-5-11)7-17-9-6-8(16)18-10(19-9)12(13,14)15/h6H,2-5,7H2,1H3,(H3,16,17,18,19). The molecule has 0 bridgehead atoms. The molecule has 1 aromatic rings. The van der Waals surface area contributed by atoms with Crippen molar-refractivity contribution in [1.82, 2.24) is 9.97 Å². The fraction of sp³-hybridized carbons (Fsp3) is 0.667. The Morgan fingerprint density at radius 1 is 1.37 bits per heavy atom. The summed E-state index contributed by atoms with van der Waals surface area (Å²) >= 11 is 0. The zero-order valence-electron chi connectivity index (χ0n) is 10.7. The number of nitrogens with two attached hydrogens (primary N) is 1. The van der Waals surface area contributed by atoms with Crippen molar-refractivity contribution in [3.63, 3.8) is 0 Å². The van der Waals surface area contributed by atoms with Crippen molar-refractivity contribution in [2.75, 3.05) is 17.6 Å². The Bertz CT molecular complexity index is 449. The molecule has 0 unspecified atom stereocenters. The number of nitrogens with zero attached hydrogens (tertiary/aromatic N) is 2. The second-order valence-corrected chi connectivity index (χ2v) is 5.06. The van der Waals surface area contributed by atoms with Gasteiger partial charge in [-0.3, -0.25) is 0 Å². The summed E-state index contributed by atoms with van der Waals surface area (Å²) in [6, 6.07) is 1.33. The normalized spacial score (nSPS) is 17.9. The summed E-state index contributed by atoms with van der Waals surface area (Å²) in [5.74, 6) is -1.24. The molecule has 0 atom stereocenters. The van der Waals surface area contributed by atoms with Gasteiger partial charge in [-0.05, 0) is 24.7 Å². The molecule has 2 rings (SSSR count). The first-order valence-corrected chi connectivity index (χ1v) is 6.30. The molecule has 19 heavy (non-hydrogen) atoms. The highest BCUT2D eigenvalue weighted by Crippen LogP contribution is 2.43. The van der Waals surface area contributed by atoms with Crippen LogP contribution in [0.4, 0.5) is 24.8 Å². The van der Waals surface area contributed by atoms with Gasteiger partial charge in [0.2, 0.25) is 5.82 Å². The van der Waals surface area contributed by atoms with Crippen LogP contribution in [0.2, 0.25) is 0 Å². The second-order valence-electron chi connectivity index (χ2n) is 5.06. The molecule has 7 heteroatoms. The Balaban J connectivity index is 2.10. The number of alkyl halides is 3. The summed E-state index contributed by atoms with van der Waals surface area (Å²) in [6.07, 6.45) is -0.195. The van der Waals surface area contributed by atoms with E-state index in [2.05, 4.69) is 22.2 Å². The van der Waals surface area contributed by atoms with E-state index in [1.807, 2.05) is 0 Å². The molecule has 0 aromatic carbocycles. The SMILES string of the molecule is CCC1(CNc2cc(N)nc(C(F)(F)F)n2)CCC1. The first-order valence-electron chi connectivity index (χ1n) is 6.30. The zero-order valence-corrected chi connectivity index (χ0v) is 10.7. The highest BCUT2D eigenvalue weighted by molar-refractivity contribution is 5.45.